The van der Waals surface area contributed by atoms with Crippen LogP contribution in [0, 0.1) is 0 Å². The number of hydrogen-bond acceptors (Lipinski definition) is 5. The zero-order valence-electron chi connectivity index (χ0n) is 10.4. The van der Waals surface area contributed by atoms with Gasteiger partial charge in [-0.25, -0.2) is 9.97 Å². The van der Waals surface area contributed by atoms with E-state index in [1.807, 2.05) is 0 Å². The average molecular weight is 270 g/mol. The van der Waals surface area contributed by atoms with Gasteiger partial charge in [-0.2, -0.15) is 0 Å². The second-order valence-electron chi connectivity index (χ2n) is 4.40. The van der Waals surface area contributed by atoms with Gasteiger partial charge in [0, 0.05) is 6.20 Å². The minimum Gasteiger partial charge on any atom is -0.486 e. The molecule has 1 aromatic carbocycles. The highest BCUT2D eigenvalue weighted by molar-refractivity contribution is 6.11. The smallest absolute Gasteiger partial charge is 0.307 e. The maximum atomic E-state index is 12.5. The number of hydrogen-bond donors (Lipinski definition) is 1. The molecule has 0 spiro atoms. The van der Waals surface area contributed by atoms with Crippen molar-refractivity contribution >= 4 is 11.8 Å². The lowest BCUT2D eigenvalue weighted by Crippen LogP contribution is -2.06. The Labute approximate surface area is 114 Å². The maximum Gasteiger partial charge on any atom is 0.307 e. The van der Waals surface area contributed by atoms with E-state index in [2.05, 4.69) is 9.97 Å². The molecule has 2 heterocycles. The Morgan fingerprint density at radius 2 is 2.20 bits per heavy atom. The van der Waals surface area contributed by atoms with E-state index >= 15 is 0 Å². The molecule has 0 radical (unpaired) electrons. The standard InChI is InChI=1S/C14H10N2O4/c17-13(18)4-8-1-2-12-9(3-8)14(19)10-5-15-7-16-11(10)6-20-12/h1-3,5,7H,4,6H2,(H,17,18). The van der Waals surface area contributed by atoms with Crippen molar-refractivity contribution in [3.8, 4) is 5.75 Å². The van der Waals surface area contributed by atoms with E-state index in [0.29, 0.717) is 28.1 Å². The van der Waals surface area contributed by atoms with Gasteiger partial charge in [0.2, 0.25) is 0 Å². The third-order valence-corrected chi connectivity index (χ3v) is 3.05. The van der Waals surface area contributed by atoms with Crippen LogP contribution in [0.4, 0.5) is 0 Å². The van der Waals surface area contributed by atoms with Crippen LogP contribution in [0.5, 0.6) is 5.75 Å². The van der Waals surface area contributed by atoms with Crippen LogP contribution < -0.4 is 4.74 Å². The van der Waals surface area contributed by atoms with Crippen LogP contribution in [0.3, 0.4) is 0 Å². The Balaban J connectivity index is 2.08. The summed E-state index contributed by atoms with van der Waals surface area (Å²) < 4.78 is 5.55. The molecule has 3 rings (SSSR count). The van der Waals surface area contributed by atoms with Gasteiger partial charge in [-0.05, 0) is 17.7 Å². The first-order valence-electron chi connectivity index (χ1n) is 5.96. The lowest BCUT2D eigenvalue weighted by Gasteiger charge is -2.07. The molecule has 1 aromatic heterocycles. The number of carbonyl (C=O) groups is 2. The molecule has 0 atom stereocenters. The Hall–Kier alpha value is -2.76. The highest BCUT2D eigenvalue weighted by Gasteiger charge is 2.23. The number of carboxylic acids is 1. The fourth-order valence-electron chi connectivity index (χ4n) is 2.12. The van der Waals surface area contributed by atoms with Crippen LogP contribution in [0.25, 0.3) is 0 Å². The van der Waals surface area contributed by atoms with E-state index in [4.69, 9.17) is 9.84 Å². The number of benzene rings is 1. The quantitative estimate of drug-likeness (QED) is 0.882. The number of aromatic nitrogens is 2. The molecule has 6 heteroatoms. The molecule has 0 aliphatic carbocycles. The Morgan fingerprint density at radius 1 is 1.35 bits per heavy atom. The zero-order chi connectivity index (χ0) is 14.1. The van der Waals surface area contributed by atoms with Crippen molar-refractivity contribution < 1.29 is 19.4 Å². The highest BCUT2D eigenvalue weighted by atomic mass is 16.5. The summed E-state index contributed by atoms with van der Waals surface area (Å²) in [7, 11) is 0. The minimum absolute atomic E-state index is 0.140. The lowest BCUT2D eigenvalue weighted by molar-refractivity contribution is -0.136. The predicted molar refractivity (Wildman–Crippen MR) is 67.6 cm³/mol. The number of carboxylic acid groups (broad SMARTS) is 1. The fraction of sp³-hybridized carbons (Fsp3) is 0.143. The molecule has 0 unspecified atom stereocenters. The van der Waals surface area contributed by atoms with Gasteiger partial charge in [0.05, 0.1) is 23.2 Å². The van der Waals surface area contributed by atoms with Crippen molar-refractivity contribution in [1.29, 1.82) is 0 Å². The van der Waals surface area contributed by atoms with E-state index in [1.54, 1.807) is 18.2 Å². The summed E-state index contributed by atoms with van der Waals surface area (Å²) in [4.78, 5) is 31.1. The SMILES string of the molecule is O=C(O)Cc1ccc2c(c1)C(=O)c1cncnc1CO2. The fourth-order valence-corrected chi connectivity index (χ4v) is 2.12. The second kappa shape index (κ2) is 4.73. The number of carbonyl (C=O) groups excluding carboxylic acids is 1. The molecule has 1 N–H and O–H groups in total. The van der Waals surface area contributed by atoms with E-state index < -0.39 is 5.97 Å². The molecule has 0 bridgehead atoms. The first-order chi connectivity index (χ1) is 9.65. The van der Waals surface area contributed by atoms with Crippen molar-refractivity contribution in [2.45, 2.75) is 13.0 Å². The number of aliphatic carboxylic acids is 1. The van der Waals surface area contributed by atoms with Crippen LogP contribution in [-0.4, -0.2) is 26.8 Å². The van der Waals surface area contributed by atoms with Crippen molar-refractivity contribution in [2.75, 3.05) is 0 Å². The molecule has 6 nitrogen and oxygen atoms in total. The van der Waals surface area contributed by atoms with Crippen molar-refractivity contribution in [2.24, 2.45) is 0 Å². The number of fused-ring (bicyclic) bond motifs is 2. The van der Waals surface area contributed by atoms with Crippen LogP contribution in [0.2, 0.25) is 0 Å². The Kier molecular flexibility index (Phi) is 2.90. The molecule has 20 heavy (non-hydrogen) atoms. The lowest BCUT2D eigenvalue weighted by atomic mass is 10.00. The summed E-state index contributed by atoms with van der Waals surface area (Å²) in [5.74, 6) is -0.766. The molecule has 1 aliphatic heterocycles. The van der Waals surface area contributed by atoms with Gasteiger partial charge in [-0.15, -0.1) is 0 Å². The molecule has 0 saturated carbocycles. The van der Waals surface area contributed by atoms with Gasteiger partial charge in [0.15, 0.2) is 5.78 Å². The molecular weight excluding hydrogens is 260 g/mol. The number of ether oxygens (including phenoxy) is 1. The van der Waals surface area contributed by atoms with Crippen molar-refractivity contribution in [1.82, 2.24) is 9.97 Å². The molecule has 0 amide bonds. The third-order valence-electron chi connectivity index (χ3n) is 3.05. The first kappa shape index (κ1) is 12.3. The molecule has 0 fully saturated rings. The summed E-state index contributed by atoms with van der Waals surface area (Å²) in [6.07, 6.45) is 2.67. The van der Waals surface area contributed by atoms with E-state index in [1.165, 1.54) is 12.5 Å². The molecule has 1 aliphatic rings. The Bertz CT molecular complexity index is 712. The second-order valence-corrected chi connectivity index (χ2v) is 4.40. The average Bonchev–Trinajstić information content (AvgIpc) is 2.57. The zero-order valence-corrected chi connectivity index (χ0v) is 10.4. The van der Waals surface area contributed by atoms with Gasteiger partial charge >= 0.3 is 5.97 Å². The topological polar surface area (TPSA) is 89.4 Å². The summed E-state index contributed by atoms with van der Waals surface area (Å²) in [5.41, 5.74) is 1.81. The monoisotopic (exact) mass is 270 g/mol. The maximum absolute atomic E-state index is 12.5. The molecule has 100 valence electrons. The number of ketones is 1. The summed E-state index contributed by atoms with van der Waals surface area (Å²) >= 11 is 0. The number of nitrogens with zero attached hydrogens (tertiary/aromatic N) is 2. The minimum atomic E-state index is -0.948. The molecule has 0 saturated heterocycles. The molecular formula is C14H10N2O4. The third kappa shape index (κ3) is 2.11. The number of rotatable bonds is 2. The van der Waals surface area contributed by atoms with Gasteiger partial charge in [-0.1, -0.05) is 6.07 Å². The Morgan fingerprint density at radius 3 is 3.00 bits per heavy atom. The first-order valence-corrected chi connectivity index (χ1v) is 5.96. The molecule has 2 aromatic rings. The normalized spacial score (nSPS) is 12.9. The van der Waals surface area contributed by atoms with Crippen LogP contribution in [-0.2, 0) is 17.8 Å². The van der Waals surface area contributed by atoms with E-state index in [-0.39, 0.29) is 18.8 Å². The summed E-state index contributed by atoms with van der Waals surface area (Å²) in [6.45, 7) is 0.189. The summed E-state index contributed by atoms with van der Waals surface area (Å²) in [6, 6.07) is 4.81. The summed E-state index contributed by atoms with van der Waals surface area (Å²) in [5, 5.41) is 8.81. The van der Waals surface area contributed by atoms with Crippen LogP contribution in [0.15, 0.2) is 30.7 Å². The van der Waals surface area contributed by atoms with Crippen LogP contribution in [0.1, 0.15) is 27.2 Å². The van der Waals surface area contributed by atoms with Gasteiger partial charge in [0.1, 0.15) is 18.7 Å². The van der Waals surface area contributed by atoms with E-state index in [0.717, 1.165) is 0 Å². The van der Waals surface area contributed by atoms with Gasteiger partial charge in [-0.3, -0.25) is 9.59 Å². The predicted octanol–water partition coefficient (Wildman–Crippen LogP) is 1.23. The van der Waals surface area contributed by atoms with Crippen molar-refractivity contribution in [3.05, 3.63) is 53.1 Å². The van der Waals surface area contributed by atoms with Gasteiger partial charge in [0.25, 0.3) is 0 Å². The largest absolute Gasteiger partial charge is 0.486 e. The van der Waals surface area contributed by atoms with E-state index in [9.17, 15) is 9.59 Å². The van der Waals surface area contributed by atoms with Crippen LogP contribution >= 0.6 is 0 Å². The van der Waals surface area contributed by atoms with Crippen molar-refractivity contribution in [3.63, 3.8) is 0 Å². The van der Waals surface area contributed by atoms with Gasteiger partial charge < -0.3 is 9.84 Å². The highest BCUT2D eigenvalue weighted by Crippen LogP contribution is 2.28.